The van der Waals surface area contributed by atoms with Crippen LogP contribution in [0.5, 0.6) is 0 Å². The summed E-state index contributed by atoms with van der Waals surface area (Å²) in [5, 5.41) is 3.91. The summed E-state index contributed by atoms with van der Waals surface area (Å²) in [6.07, 6.45) is 5.18. The topological polar surface area (TPSA) is 86.8 Å². The van der Waals surface area contributed by atoms with Crippen LogP contribution in [0.2, 0.25) is 10.0 Å². The molecule has 1 aliphatic carbocycles. The number of halogens is 2. The van der Waals surface area contributed by atoms with E-state index in [0.29, 0.717) is 26.9 Å². The van der Waals surface area contributed by atoms with Crippen molar-refractivity contribution in [2.75, 3.05) is 10.8 Å². The summed E-state index contributed by atoms with van der Waals surface area (Å²) < 4.78 is 30.0. The summed E-state index contributed by atoms with van der Waals surface area (Å²) in [4.78, 5) is 30.7. The van der Waals surface area contributed by atoms with Crippen molar-refractivity contribution in [3.63, 3.8) is 0 Å². The van der Waals surface area contributed by atoms with Crippen molar-refractivity contribution in [2.24, 2.45) is 0 Å². The average Bonchev–Trinajstić information content (AvgIpc) is 3.09. The lowest BCUT2D eigenvalue weighted by Crippen LogP contribution is -2.55. The molecule has 0 heterocycles. The van der Waals surface area contributed by atoms with E-state index in [4.69, 9.17) is 23.2 Å². The first-order valence-corrected chi connectivity index (χ1v) is 18.9. The van der Waals surface area contributed by atoms with Crippen molar-refractivity contribution >= 4 is 50.7 Å². The van der Waals surface area contributed by atoms with Gasteiger partial charge in [0.1, 0.15) is 12.6 Å². The van der Waals surface area contributed by atoms with Crippen molar-refractivity contribution in [1.29, 1.82) is 0 Å². The Hall–Kier alpha value is -3.85. The predicted octanol–water partition coefficient (Wildman–Crippen LogP) is 8.20. The predicted molar refractivity (Wildman–Crippen MR) is 198 cm³/mol. The van der Waals surface area contributed by atoms with Crippen LogP contribution in [0.1, 0.15) is 59.9 Å². The molecule has 1 unspecified atom stereocenters. The van der Waals surface area contributed by atoms with E-state index >= 15 is 0 Å². The van der Waals surface area contributed by atoms with Crippen LogP contribution in [0.3, 0.4) is 0 Å². The number of amides is 2. The Morgan fingerprint density at radius 1 is 0.796 bits per heavy atom. The van der Waals surface area contributed by atoms with Crippen molar-refractivity contribution < 1.29 is 18.0 Å². The molecular weight excluding hydrogens is 677 g/mol. The summed E-state index contributed by atoms with van der Waals surface area (Å²) in [5.74, 6) is -0.800. The molecular formula is C39H43Cl2N3O4S. The van der Waals surface area contributed by atoms with Gasteiger partial charge in [-0.25, -0.2) is 8.42 Å². The molecule has 0 radical (unpaired) electrons. The minimum absolute atomic E-state index is 0.00908. The van der Waals surface area contributed by atoms with E-state index < -0.39 is 28.5 Å². The number of carbonyl (C=O) groups is 2. The Labute approximate surface area is 300 Å². The molecule has 10 heteroatoms. The van der Waals surface area contributed by atoms with Crippen LogP contribution in [-0.4, -0.2) is 43.8 Å². The Balaban J connectivity index is 1.60. The molecule has 0 spiro atoms. The lowest BCUT2D eigenvalue weighted by molar-refractivity contribution is -0.140. The minimum atomic E-state index is -4.20. The van der Waals surface area contributed by atoms with Crippen LogP contribution in [0.15, 0.2) is 95.9 Å². The van der Waals surface area contributed by atoms with Crippen molar-refractivity contribution in [3.8, 4) is 0 Å². The van der Waals surface area contributed by atoms with Gasteiger partial charge >= 0.3 is 0 Å². The van der Waals surface area contributed by atoms with Crippen molar-refractivity contribution in [1.82, 2.24) is 10.2 Å². The molecule has 4 aromatic rings. The SMILES string of the molecule is Cc1ccc(S(=O)(=O)N(CC(=O)N(Cc2ccc(Cl)c(Cl)c2)C(Cc2ccccc2)C(=O)NC2CCCCC2)c2cc(C)ccc2C)cc1. The first-order valence-electron chi connectivity index (χ1n) is 16.7. The highest BCUT2D eigenvalue weighted by molar-refractivity contribution is 7.92. The van der Waals surface area contributed by atoms with Gasteiger partial charge in [0.2, 0.25) is 11.8 Å². The molecule has 1 saturated carbocycles. The second kappa shape index (κ2) is 16.2. The highest BCUT2D eigenvalue weighted by Gasteiger charge is 2.36. The molecule has 0 bridgehead atoms. The molecule has 2 amide bonds. The second-order valence-corrected chi connectivity index (χ2v) is 15.6. The molecule has 1 aliphatic rings. The lowest BCUT2D eigenvalue weighted by atomic mass is 9.94. The summed E-state index contributed by atoms with van der Waals surface area (Å²) >= 11 is 12.7. The third kappa shape index (κ3) is 9.24. The monoisotopic (exact) mass is 719 g/mol. The zero-order valence-electron chi connectivity index (χ0n) is 28.2. The highest BCUT2D eigenvalue weighted by Crippen LogP contribution is 2.30. The minimum Gasteiger partial charge on any atom is -0.352 e. The third-order valence-electron chi connectivity index (χ3n) is 9.08. The summed E-state index contributed by atoms with van der Waals surface area (Å²) in [6.45, 7) is 5.07. The highest BCUT2D eigenvalue weighted by atomic mass is 35.5. The molecule has 258 valence electrons. The maximum absolute atomic E-state index is 14.8. The van der Waals surface area contributed by atoms with Crippen LogP contribution < -0.4 is 9.62 Å². The van der Waals surface area contributed by atoms with Gasteiger partial charge < -0.3 is 10.2 Å². The molecule has 0 saturated heterocycles. The zero-order valence-corrected chi connectivity index (χ0v) is 30.5. The van der Waals surface area contributed by atoms with E-state index in [1.165, 1.54) is 9.21 Å². The van der Waals surface area contributed by atoms with Gasteiger partial charge in [0.25, 0.3) is 10.0 Å². The van der Waals surface area contributed by atoms with E-state index in [1.54, 1.807) is 48.5 Å². The van der Waals surface area contributed by atoms with Crippen LogP contribution in [0, 0.1) is 20.8 Å². The number of anilines is 1. The first kappa shape index (κ1) is 36.4. The largest absolute Gasteiger partial charge is 0.352 e. The lowest BCUT2D eigenvalue weighted by Gasteiger charge is -2.35. The van der Waals surface area contributed by atoms with Gasteiger partial charge in [-0.15, -0.1) is 0 Å². The molecule has 1 fully saturated rings. The van der Waals surface area contributed by atoms with Gasteiger partial charge in [0, 0.05) is 19.0 Å². The van der Waals surface area contributed by atoms with E-state index in [9.17, 15) is 18.0 Å². The third-order valence-corrected chi connectivity index (χ3v) is 11.6. The molecule has 4 aromatic carbocycles. The molecule has 0 aromatic heterocycles. The van der Waals surface area contributed by atoms with E-state index in [0.717, 1.165) is 48.8 Å². The molecule has 7 nitrogen and oxygen atoms in total. The fourth-order valence-electron chi connectivity index (χ4n) is 6.27. The molecule has 1 atom stereocenters. The number of rotatable bonds is 12. The summed E-state index contributed by atoms with van der Waals surface area (Å²) in [7, 11) is -4.20. The van der Waals surface area contributed by atoms with E-state index in [1.807, 2.05) is 63.2 Å². The van der Waals surface area contributed by atoms with Crippen molar-refractivity contribution in [3.05, 3.63) is 129 Å². The number of carbonyl (C=O) groups excluding carboxylic acids is 2. The number of nitrogens with one attached hydrogen (secondary N) is 1. The Bertz CT molecular complexity index is 1880. The number of nitrogens with zero attached hydrogens (tertiary/aromatic N) is 2. The average molecular weight is 721 g/mol. The Morgan fingerprint density at radius 2 is 1.47 bits per heavy atom. The number of hydrogen-bond donors (Lipinski definition) is 1. The van der Waals surface area contributed by atoms with Gasteiger partial charge in [0.15, 0.2) is 0 Å². The number of sulfonamides is 1. The maximum Gasteiger partial charge on any atom is 0.264 e. The van der Waals surface area contributed by atoms with Crippen molar-refractivity contribution in [2.45, 2.75) is 82.8 Å². The molecule has 49 heavy (non-hydrogen) atoms. The first-order chi connectivity index (χ1) is 23.4. The van der Waals surface area contributed by atoms with Gasteiger partial charge in [-0.2, -0.15) is 0 Å². The quantitative estimate of drug-likeness (QED) is 0.160. The Kier molecular flexibility index (Phi) is 12.1. The smallest absolute Gasteiger partial charge is 0.264 e. The van der Waals surface area contributed by atoms with Crippen LogP contribution >= 0.6 is 23.2 Å². The van der Waals surface area contributed by atoms with E-state index in [-0.39, 0.29) is 29.8 Å². The fourth-order valence-corrected chi connectivity index (χ4v) is 8.06. The Morgan fingerprint density at radius 3 is 2.14 bits per heavy atom. The van der Waals surface area contributed by atoms with E-state index in [2.05, 4.69) is 5.32 Å². The second-order valence-electron chi connectivity index (χ2n) is 12.9. The maximum atomic E-state index is 14.8. The van der Waals surface area contributed by atoms with Gasteiger partial charge in [0.05, 0.1) is 20.6 Å². The van der Waals surface area contributed by atoms with Crippen LogP contribution in [0.25, 0.3) is 0 Å². The summed E-state index contributed by atoms with van der Waals surface area (Å²) in [5.41, 5.74) is 4.38. The van der Waals surface area contributed by atoms with Gasteiger partial charge in [-0.05, 0) is 86.2 Å². The fraction of sp³-hybridized carbons (Fsp3) is 0.333. The molecule has 1 N–H and O–H groups in total. The number of hydrogen-bond acceptors (Lipinski definition) is 4. The summed E-state index contributed by atoms with van der Waals surface area (Å²) in [6, 6.07) is 25.8. The molecule has 5 rings (SSSR count). The standard InChI is InChI=1S/C39H43Cl2N3O4S/c1-27-15-19-33(20-16-27)49(47,48)44(36-22-28(2)14-17-29(36)3)26-38(45)43(25-31-18-21-34(40)35(41)23-31)37(24-30-10-6-4-7-11-30)39(46)42-32-12-8-5-9-13-32/h4,6-7,10-11,14-23,32,37H,5,8-9,12-13,24-26H2,1-3H3,(H,42,46). The van der Waals surface area contributed by atoms with Gasteiger partial charge in [-0.3, -0.25) is 13.9 Å². The normalized spacial score (nSPS) is 14.2. The molecule has 0 aliphatic heterocycles. The van der Waals surface area contributed by atoms with Gasteiger partial charge in [-0.1, -0.05) is 109 Å². The zero-order chi connectivity index (χ0) is 35.1. The number of benzene rings is 4. The van der Waals surface area contributed by atoms with Crippen LogP contribution in [0.4, 0.5) is 5.69 Å². The number of aryl methyl sites for hydroxylation is 3. The van der Waals surface area contributed by atoms with Crippen LogP contribution in [-0.2, 0) is 32.6 Å².